The number of aromatic nitrogens is 2. The van der Waals surface area contributed by atoms with Crippen LogP contribution in [0.25, 0.3) is 10.9 Å². The molecule has 16 heavy (non-hydrogen) atoms. The van der Waals surface area contributed by atoms with Gasteiger partial charge in [0, 0.05) is 9.86 Å². The van der Waals surface area contributed by atoms with E-state index in [1.54, 1.807) is 18.2 Å². The molecule has 5 nitrogen and oxygen atoms in total. The van der Waals surface area contributed by atoms with Gasteiger partial charge in [0.1, 0.15) is 5.69 Å². The van der Waals surface area contributed by atoms with Crippen LogP contribution < -0.4 is 5.43 Å². The summed E-state index contributed by atoms with van der Waals surface area (Å²) in [5.74, 6) is -1.07. The third kappa shape index (κ3) is 1.96. The first-order valence-corrected chi connectivity index (χ1v) is 5.26. The molecular formula is C10H7BrN2O3. The molecule has 0 bridgehead atoms. The molecule has 0 radical (unpaired) electrons. The van der Waals surface area contributed by atoms with Crippen molar-refractivity contribution in [2.45, 2.75) is 6.42 Å². The highest BCUT2D eigenvalue weighted by atomic mass is 79.9. The number of carboxylic acids is 1. The molecule has 0 spiro atoms. The maximum absolute atomic E-state index is 11.8. The molecule has 0 atom stereocenters. The van der Waals surface area contributed by atoms with Crippen LogP contribution in [0.1, 0.15) is 5.69 Å². The van der Waals surface area contributed by atoms with Gasteiger partial charge in [-0.2, -0.15) is 5.10 Å². The van der Waals surface area contributed by atoms with Crippen molar-refractivity contribution in [1.29, 1.82) is 0 Å². The normalized spacial score (nSPS) is 10.6. The number of carbonyl (C=O) groups is 1. The van der Waals surface area contributed by atoms with Crippen molar-refractivity contribution in [3.8, 4) is 0 Å². The van der Waals surface area contributed by atoms with E-state index >= 15 is 0 Å². The molecule has 1 aromatic carbocycles. The number of carboxylic acid groups (broad SMARTS) is 1. The van der Waals surface area contributed by atoms with E-state index in [0.29, 0.717) is 10.9 Å². The molecular weight excluding hydrogens is 276 g/mol. The van der Waals surface area contributed by atoms with E-state index in [2.05, 4.69) is 26.1 Å². The van der Waals surface area contributed by atoms with E-state index in [9.17, 15) is 9.59 Å². The van der Waals surface area contributed by atoms with Gasteiger partial charge >= 0.3 is 5.97 Å². The molecule has 2 aromatic rings. The fourth-order valence-corrected chi connectivity index (χ4v) is 1.77. The lowest BCUT2D eigenvalue weighted by Crippen LogP contribution is -2.17. The molecule has 82 valence electrons. The quantitative estimate of drug-likeness (QED) is 0.870. The van der Waals surface area contributed by atoms with Crippen molar-refractivity contribution < 1.29 is 9.90 Å². The Kier molecular flexibility index (Phi) is 2.74. The molecule has 1 aromatic heterocycles. The minimum absolute atomic E-state index is 0.0160. The average Bonchev–Trinajstić information content (AvgIpc) is 2.22. The van der Waals surface area contributed by atoms with Crippen LogP contribution >= 0.6 is 15.9 Å². The Balaban J connectivity index is 2.66. The van der Waals surface area contributed by atoms with Gasteiger partial charge in [-0.05, 0) is 18.2 Å². The van der Waals surface area contributed by atoms with Crippen LogP contribution in [-0.4, -0.2) is 21.3 Å². The van der Waals surface area contributed by atoms with E-state index in [1.807, 2.05) is 0 Å². The van der Waals surface area contributed by atoms with E-state index in [1.165, 1.54) is 0 Å². The Bertz CT molecular complexity index is 621. The third-order valence-electron chi connectivity index (χ3n) is 2.12. The second-order valence-electron chi connectivity index (χ2n) is 3.26. The standard InChI is InChI=1S/C10H7BrN2O3/c11-5-1-2-6-7(3-5)12-13-8(10(6)16)4-9(14)15/h1-3H,4H2,(H,12,16)(H,14,15). The van der Waals surface area contributed by atoms with Gasteiger partial charge in [-0.1, -0.05) is 15.9 Å². The number of aromatic amines is 1. The number of fused-ring (bicyclic) bond motifs is 1. The van der Waals surface area contributed by atoms with Crippen LogP contribution in [0.5, 0.6) is 0 Å². The van der Waals surface area contributed by atoms with Crippen LogP contribution in [0.15, 0.2) is 27.5 Å². The Morgan fingerprint density at radius 1 is 1.50 bits per heavy atom. The minimum atomic E-state index is -1.07. The van der Waals surface area contributed by atoms with Gasteiger partial charge in [-0.3, -0.25) is 14.7 Å². The zero-order valence-corrected chi connectivity index (χ0v) is 9.61. The highest BCUT2D eigenvalue weighted by Gasteiger charge is 2.10. The maximum Gasteiger partial charge on any atom is 0.309 e. The van der Waals surface area contributed by atoms with Gasteiger partial charge in [0.25, 0.3) is 0 Å². The largest absolute Gasteiger partial charge is 0.481 e. The molecule has 0 amide bonds. The predicted octanol–water partition coefficient (Wildman–Crippen LogP) is 1.31. The molecule has 1 heterocycles. The van der Waals surface area contributed by atoms with Crippen molar-refractivity contribution in [3.05, 3.63) is 38.6 Å². The molecule has 0 aliphatic carbocycles. The number of benzene rings is 1. The van der Waals surface area contributed by atoms with Crippen molar-refractivity contribution in [1.82, 2.24) is 10.2 Å². The molecule has 0 saturated carbocycles. The molecule has 0 unspecified atom stereocenters. The summed E-state index contributed by atoms with van der Waals surface area (Å²) in [7, 11) is 0. The monoisotopic (exact) mass is 282 g/mol. The summed E-state index contributed by atoms with van der Waals surface area (Å²) in [6.45, 7) is 0. The van der Waals surface area contributed by atoms with Crippen molar-refractivity contribution >= 4 is 32.8 Å². The van der Waals surface area contributed by atoms with Gasteiger partial charge in [-0.25, -0.2) is 0 Å². The Hall–Kier alpha value is -1.69. The van der Waals surface area contributed by atoms with E-state index in [0.717, 1.165) is 4.47 Å². The first kappa shape index (κ1) is 10.8. The van der Waals surface area contributed by atoms with Gasteiger partial charge in [-0.15, -0.1) is 0 Å². The smallest absolute Gasteiger partial charge is 0.309 e. The number of nitrogens with one attached hydrogen (secondary N) is 1. The Labute approximate surface area is 98.2 Å². The fourth-order valence-electron chi connectivity index (χ4n) is 1.40. The molecule has 0 aliphatic rings. The van der Waals surface area contributed by atoms with Gasteiger partial charge in [0.15, 0.2) is 0 Å². The zero-order valence-electron chi connectivity index (χ0n) is 8.03. The number of halogens is 1. The average molecular weight is 283 g/mol. The molecule has 0 aliphatic heterocycles. The van der Waals surface area contributed by atoms with E-state index < -0.39 is 5.97 Å². The third-order valence-corrected chi connectivity index (χ3v) is 2.61. The topological polar surface area (TPSA) is 83.0 Å². The van der Waals surface area contributed by atoms with E-state index in [4.69, 9.17) is 5.11 Å². The summed E-state index contributed by atoms with van der Waals surface area (Å²) >= 11 is 3.27. The Morgan fingerprint density at radius 2 is 2.25 bits per heavy atom. The number of H-pyrrole nitrogens is 1. The van der Waals surface area contributed by atoms with Gasteiger partial charge in [0.2, 0.25) is 5.43 Å². The predicted molar refractivity (Wildman–Crippen MR) is 61.4 cm³/mol. The van der Waals surface area contributed by atoms with Crippen LogP contribution in [0.2, 0.25) is 0 Å². The summed E-state index contributed by atoms with van der Waals surface area (Å²) in [5.41, 5.74) is 0.250. The highest BCUT2D eigenvalue weighted by Crippen LogP contribution is 2.14. The number of nitrogens with zero attached hydrogens (tertiary/aromatic N) is 1. The zero-order chi connectivity index (χ0) is 11.7. The van der Waals surface area contributed by atoms with Crippen LogP contribution in [0.4, 0.5) is 0 Å². The number of hydrogen-bond acceptors (Lipinski definition) is 3. The van der Waals surface area contributed by atoms with Crippen LogP contribution in [0, 0.1) is 0 Å². The van der Waals surface area contributed by atoms with Crippen LogP contribution in [0.3, 0.4) is 0 Å². The number of hydrogen-bond donors (Lipinski definition) is 2. The van der Waals surface area contributed by atoms with Crippen molar-refractivity contribution in [2.24, 2.45) is 0 Å². The fraction of sp³-hybridized carbons (Fsp3) is 0.100. The second-order valence-corrected chi connectivity index (χ2v) is 4.18. The van der Waals surface area contributed by atoms with Gasteiger partial charge in [0.05, 0.1) is 11.9 Å². The summed E-state index contributed by atoms with van der Waals surface area (Å²) < 4.78 is 0.823. The lowest BCUT2D eigenvalue weighted by molar-refractivity contribution is -0.136. The lowest BCUT2D eigenvalue weighted by Gasteiger charge is -2.00. The molecule has 6 heteroatoms. The SMILES string of the molecule is O=C(O)Cc1n[nH]c2cc(Br)ccc2c1=O. The Morgan fingerprint density at radius 3 is 2.94 bits per heavy atom. The molecule has 0 fully saturated rings. The highest BCUT2D eigenvalue weighted by molar-refractivity contribution is 9.10. The van der Waals surface area contributed by atoms with Crippen LogP contribution in [-0.2, 0) is 11.2 Å². The van der Waals surface area contributed by atoms with E-state index in [-0.39, 0.29) is 17.5 Å². The molecule has 2 N–H and O–H groups in total. The maximum atomic E-state index is 11.8. The summed E-state index contributed by atoms with van der Waals surface area (Å²) in [6, 6.07) is 5.07. The number of aliphatic carboxylic acids is 1. The number of rotatable bonds is 2. The first-order chi connectivity index (χ1) is 7.58. The van der Waals surface area contributed by atoms with Crippen molar-refractivity contribution in [3.63, 3.8) is 0 Å². The summed E-state index contributed by atoms with van der Waals surface area (Å²) in [6.07, 6.45) is -0.374. The summed E-state index contributed by atoms with van der Waals surface area (Å²) in [4.78, 5) is 22.3. The molecule has 2 rings (SSSR count). The van der Waals surface area contributed by atoms with Gasteiger partial charge < -0.3 is 5.11 Å². The minimum Gasteiger partial charge on any atom is -0.481 e. The second kappa shape index (κ2) is 4.05. The lowest BCUT2D eigenvalue weighted by atomic mass is 10.2. The summed E-state index contributed by atoms with van der Waals surface area (Å²) in [5, 5.41) is 15.5. The van der Waals surface area contributed by atoms with Crippen molar-refractivity contribution in [2.75, 3.05) is 0 Å². The molecule has 0 saturated heterocycles. The first-order valence-electron chi connectivity index (χ1n) is 4.46.